The molecular formula is C60H47NOS. The molecule has 63 heavy (non-hydrogen) atoms. The summed E-state index contributed by atoms with van der Waals surface area (Å²) in [7, 11) is 0. The van der Waals surface area contributed by atoms with Crippen LogP contribution in [0.5, 0.6) is 0 Å². The number of hydrogen-bond donors (Lipinski definition) is 0. The molecule has 0 saturated heterocycles. The SMILES string of the molecule is CC1C=c2c(sc3ccccc23)=C(N(C2=CC(c3ccccc3)=C(C3(C)C=CC(c4ccc5ccc6oc7ccccc7c6c5c4)=CC3)CC2)c2ccc(-c3ccccc3)cc2)C1. The quantitative estimate of drug-likeness (QED) is 0.159. The minimum Gasteiger partial charge on any atom is -0.456 e. The fourth-order valence-corrected chi connectivity index (χ4v) is 11.8. The first kappa shape index (κ1) is 37.8. The molecule has 304 valence electrons. The molecule has 0 spiro atoms. The van der Waals surface area contributed by atoms with Crippen LogP contribution in [0.4, 0.5) is 5.69 Å². The lowest BCUT2D eigenvalue weighted by Gasteiger charge is -2.39. The highest BCUT2D eigenvalue weighted by molar-refractivity contribution is 7.17. The van der Waals surface area contributed by atoms with E-state index in [1.807, 2.05) is 17.4 Å². The Morgan fingerprint density at radius 3 is 2.14 bits per heavy atom. The molecule has 2 heterocycles. The van der Waals surface area contributed by atoms with Gasteiger partial charge >= 0.3 is 0 Å². The number of anilines is 1. The third-order valence-electron chi connectivity index (χ3n) is 13.8. The van der Waals surface area contributed by atoms with Crippen LogP contribution in [-0.4, -0.2) is 0 Å². The average molecular weight is 830 g/mol. The fourth-order valence-electron chi connectivity index (χ4n) is 10.6. The second kappa shape index (κ2) is 15.1. The van der Waals surface area contributed by atoms with Crippen LogP contribution in [0.25, 0.3) is 76.8 Å². The molecule has 3 aliphatic rings. The van der Waals surface area contributed by atoms with Gasteiger partial charge in [-0.15, -0.1) is 11.3 Å². The zero-order chi connectivity index (χ0) is 42.1. The Morgan fingerprint density at radius 2 is 1.35 bits per heavy atom. The standard InChI is InChI=1S/C60H47NOS/c1-39-35-52-48-17-10-12-20-57(48)63-59(52)54(36-39)61(46-26-23-41(24-27-46)40-13-5-3-6-14-40)47-28-29-53(50(38-47)43-15-7-4-8-16-43)60(2)33-31-42(32-34-60)45-22-21-44-25-30-56-58(51(44)37-45)49-18-9-11-19-55(49)62-56/h3-27,30-33,35,37-39H,28-29,34,36H2,1-2H3. The molecule has 0 N–H and O–H groups in total. The summed E-state index contributed by atoms with van der Waals surface area (Å²) < 4.78 is 9.03. The van der Waals surface area contributed by atoms with Gasteiger partial charge in [-0.05, 0) is 123 Å². The summed E-state index contributed by atoms with van der Waals surface area (Å²) >= 11 is 1.95. The van der Waals surface area contributed by atoms with Gasteiger partial charge in [0.25, 0.3) is 0 Å². The monoisotopic (exact) mass is 829 g/mol. The van der Waals surface area contributed by atoms with E-state index in [2.05, 4.69) is 207 Å². The minimum atomic E-state index is -0.135. The lowest BCUT2D eigenvalue weighted by Crippen LogP contribution is -2.36. The Balaban J connectivity index is 0.974. The van der Waals surface area contributed by atoms with E-state index in [0.717, 1.165) is 36.8 Å². The number of fused-ring (bicyclic) bond motifs is 8. The summed E-state index contributed by atoms with van der Waals surface area (Å²) in [6.07, 6.45) is 16.3. The molecule has 12 rings (SSSR count). The van der Waals surface area contributed by atoms with Gasteiger partial charge < -0.3 is 9.32 Å². The number of furan rings is 1. The van der Waals surface area contributed by atoms with Gasteiger partial charge in [-0.1, -0.05) is 171 Å². The van der Waals surface area contributed by atoms with Crippen LogP contribution < -0.4 is 14.7 Å². The molecule has 0 saturated carbocycles. The van der Waals surface area contributed by atoms with Crippen LogP contribution in [0.15, 0.2) is 204 Å². The first-order valence-electron chi connectivity index (χ1n) is 22.4. The van der Waals surface area contributed by atoms with Crippen molar-refractivity contribution in [3.63, 3.8) is 0 Å². The van der Waals surface area contributed by atoms with E-state index in [-0.39, 0.29) is 5.41 Å². The number of allylic oxidation sites excluding steroid dienone is 8. The summed E-state index contributed by atoms with van der Waals surface area (Å²) in [4.78, 5) is 2.64. The molecule has 2 aromatic heterocycles. The number of rotatable bonds is 7. The normalized spacial score (nSPS) is 18.8. The number of thiophene rings is 1. The number of nitrogens with zero attached hydrogens (tertiary/aromatic N) is 1. The van der Waals surface area contributed by atoms with E-state index in [1.165, 1.54) is 97.4 Å². The lowest BCUT2D eigenvalue weighted by molar-refractivity contribution is 0.496. The average Bonchev–Trinajstić information content (AvgIpc) is 3.91. The summed E-state index contributed by atoms with van der Waals surface area (Å²) in [5.74, 6) is 0.417. The van der Waals surface area contributed by atoms with E-state index in [9.17, 15) is 0 Å². The topological polar surface area (TPSA) is 16.4 Å². The predicted molar refractivity (Wildman–Crippen MR) is 269 cm³/mol. The molecule has 2 atom stereocenters. The maximum absolute atomic E-state index is 6.28. The van der Waals surface area contributed by atoms with Crippen LogP contribution in [0.1, 0.15) is 50.7 Å². The van der Waals surface area contributed by atoms with Crippen molar-refractivity contribution in [1.29, 1.82) is 0 Å². The zero-order valence-corrected chi connectivity index (χ0v) is 36.5. The number of benzene rings is 7. The van der Waals surface area contributed by atoms with Gasteiger partial charge in [0, 0.05) is 43.4 Å². The molecule has 7 aromatic carbocycles. The van der Waals surface area contributed by atoms with Gasteiger partial charge in [0.15, 0.2) is 0 Å². The highest BCUT2D eigenvalue weighted by atomic mass is 32.1. The van der Waals surface area contributed by atoms with Crippen LogP contribution in [0.3, 0.4) is 0 Å². The van der Waals surface area contributed by atoms with Gasteiger partial charge in [0.1, 0.15) is 11.2 Å². The van der Waals surface area contributed by atoms with E-state index in [0.29, 0.717) is 5.92 Å². The van der Waals surface area contributed by atoms with Crippen LogP contribution >= 0.6 is 11.3 Å². The maximum Gasteiger partial charge on any atom is 0.136 e. The molecule has 3 aliphatic carbocycles. The molecule has 0 amide bonds. The van der Waals surface area contributed by atoms with Crippen molar-refractivity contribution < 1.29 is 4.42 Å². The van der Waals surface area contributed by atoms with Crippen molar-refractivity contribution in [1.82, 2.24) is 0 Å². The lowest BCUT2D eigenvalue weighted by atomic mass is 9.69. The third kappa shape index (κ3) is 6.53. The molecule has 0 radical (unpaired) electrons. The Labute approximate surface area is 372 Å². The fraction of sp³-hybridized carbons (Fsp3) is 0.133. The molecule has 9 aromatic rings. The van der Waals surface area contributed by atoms with Crippen LogP contribution in [-0.2, 0) is 0 Å². The summed E-state index contributed by atoms with van der Waals surface area (Å²) in [5, 5.41) is 7.59. The number of para-hydroxylation sites is 1. The predicted octanol–water partition coefficient (Wildman–Crippen LogP) is 15.2. The second-order valence-electron chi connectivity index (χ2n) is 17.9. The van der Waals surface area contributed by atoms with Crippen molar-refractivity contribution in [3.05, 3.63) is 220 Å². The zero-order valence-electron chi connectivity index (χ0n) is 35.6. The first-order chi connectivity index (χ1) is 31.0. The molecule has 3 heteroatoms. The molecule has 2 unspecified atom stereocenters. The van der Waals surface area contributed by atoms with Gasteiger partial charge in [-0.25, -0.2) is 0 Å². The van der Waals surface area contributed by atoms with E-state index in [1.54, 1.807) is 0 Å². The molecular weight excluding hydrogens is 783 g/mol. The molecule has 0 aliphatic heterocycles. The first-order valence-corrected chi connectivity index (χ1v) is 23.2. The summed E-state index contributed by atoms with van der Waals surface area (Å²) in [5.41, 5.74) is 14.8. The minimum absolute atomic E-state index is 0.135. The van der Waals surface area contributed by atoms with Gasteiger partial charge in [-0.2, -0.15) is 0 Å². The van der Waals surface area contributed by atoms with Crippen molar-refractivity contribution in [3.8, 4) is 11.1 Å². The van der Waals surface area contributed by atoms with Gasteiger partial charge in [0.05, 0.1) is 4.53 Å². The van der Waals surface area contributed by atoms with Gasteiger partial charge in [0.2, 0.25) is 0 Å². The highest BCUT2D eigenvalue weighted by Crippen LogP contribution is 2.49. The Kier molecular flexibility index (Phi) is 9.09. The van der Waals surface area contributed by atoms with E-state index in [4.69, 9.17) is 4.42 Å². The smallest absolute Gasteiger partial charge is 0.136 e. The molecule has 0 fully saturated rings. The van der Waals surface area contributed by atoms with Crippen molar-refractivity contribution >= 4 is 82.7 Å². The van der Waals surface area contributed by atoms with Crippen molar-refractivity contribution in [2.75, 3.05) is 4.90 Å². The van der Waals surface area contributed by atoms with E-state index >= 15 is 0 Å². The largest absolute Gasteiger partial charge is 0.456 e. The maximum atomic E-state index is 6.28. The van der Waals surface area contributed by atoms with Crippen LogP contribution in [0, 0.1) is 11.3 Å². The summed E-state index contributed by atoms with van der Waals surface area (Å²) in [6.45, 7) is 4.83. The second-order valence-corrected chi connectivity index (χ2v) is 18.9. The Morgan fingerprint density at radius 1 is 0.651 bits per heavy atom. The molecule has 0 bridgehead atoms. The van der Waals surface area contributed by atoms with Gasteiger partial charge in [-0.3, -0.25) is 0 Å². The van der Waals surface area contributed by atoms with Crippen molar-refractivity contribution in [2.24, 2.45) is 11.3 Å². The highest BCUT2D eigenvalue weighted by Gasteiger charge is 2.34. The Hall–Kier alpha value is -6.94. The number of hydrogen-bond acceptors (Lipinski definition) is 3. The van der Waals surface area contributed by atoms with Crippen molar-refractivity contribution in [2.45, 2.75) is 39.5 Å². The summed E-state index contributed by atoms with van der Waals surface area (Å²) in [6, 6.07) is 59.7. The Bertz CT molecular complexity index is 3530. The van der Waals surface area contributed by atoms with Crippen LogP contribution in [0.2, 0.25) is 0 Å². The van der Waals surface area contributed by atoms with E-state index < -0.39 is 0 Å². The molecule has 2 nitrogen and oxygen atoms in total. The third-order valence-corrected chi connectivity index (χ3v) is 15.0.